The molecule has 0 saturated heterocycles. The maximum absolute atomic E-state index is 9.17. The third kappa shape index (κ3) is 1.67. The Morgan fingerprint density at radius 2 is 1.83 bits per heavy atom. The first-order valence-corrected chi connectivity index (χ1v) is 4.25. The van der Waals surface area contributed by atoms with Crippen molar-refractivity contribution in [3.8, 4) is 0 Å². The van der Waals surface area contributed by atoms with E-state index in [2.05, 4.69) is 32.9 Å². The number of benzene rings is 1. The Labute approximate surface area is 74.1 Å². The van der Waals surface area contributed by atoms with Crippen LogP contribution in [0.25, 0.3) is 0 Å². The molecule has 0 unspecified atom stereocenters. The summed E-state index contributed by atoms with van der Waals surface area (Å²) in [5.41, 5.74) is 2.36. The summed E-state index contributed by atoms with van der Waals surface area (Å²) in [5.74, 6) is 0. The molecule has 1 heteroatoms. The molecule has 0 aliphatic rings. The summed E-state index contributed by atoms with van der Waals surface area (Å²) in [5, 5.41) is 9.17. The normalized spacial score (nSPS) is 11.7. The molecular weight excluding hydrogens is 148 g/mol. The summed E-state index contributed by atoms with van der Waals surface area (Å²) >= 11 is 0. The maximum Gasteiger partial charge on any atom is 0.0522 e. The molecule has 0 aliphatic carbocycles. The first kappa shape index (κ1) is 9.27. The standard InChI is InChI=1S/C11H16O/c1-9-6-4-5-7-10(9)11(2,3)8-12/h4-7,12H,8H2,1-3H3. The smallest absolute Gasteiger partial charge is 0.0522 e. The topological polar surface area (TPSA) is 20.2 Å². The van der Waals surface area contributed by atoms with E-state index < -0.39 is 0 Å². The van der Waals surface area contributed by atoms with E-state index in [1.54, 1.807) is 0 Å². The van der Waals surface area contributed by atoms with Crippen LogP contribution in [0.1, 0.15) is 25.0 Å². The second-order valence-corrected chi connectivity index (χ2v) is 3.86. The highest BCUT2D eigenvalue weighted by Gasteiger charge is 2.20. The predicted molar refractivity (Wildman–Crippen MR) is 51.3 cm³/mol. The zero-order valence-corrected chi connectivity index (χ0v) is 7.96. The first-order valence-electron chi connectivity index (χ1n) is 4.25. The van der Waals surface area contributed by atoms with Crippen LogP contribution in [0, 0.1) is 6.92 Å². The Morgan fingerprint density at radius 1 is 1.25 bits per heavy atom. The zero-order chi connectivity index (χ0) is 9.19. The number of aliphatic hydroxyl groups excluding tert-OH is 1. The molecule has 1 nitrogen and oxygen atoms in total. The molecule has 0 atom stereocenters. The van der Waals surface area contributed by atoms with Crippen molar-refractivity contribution in [1.29, 1.82) is 0 Å². The van der Waals surface area contributed by atoms with Gasteiger partial charge in [-0.3, -0.25) is 0 Å². The molecule has 0 fully saturated rings. The number of aryl methyl sites for hydroxylation is 1. The molecule has 0 amide bonds. The third-order valence-electron chi connectivity index (χ3n) is 2.27. The molecule has 0 bridgehead atoms. The van der Waals surface area contributed by atoms with Gasteiger partial charge in [-0.1, -0.05) is 38.1 Å². The number of rotatable bonds is 2. The van der Waals surface area contributed by atoms with Crippen LogP contribution < -0.4 is 0 Å². The molecule has 1 aromatic carbocycles. The minimum Gasteiger partial charge on any atom is -0.395 e. The van der Waals surface area contributed by atoms with Gasteiger partial charge in [0.15, 0.2) is 0 Å². The molecule has 0 aromatic heterocycles. The SMILES string of the molecule is Cc1ccccc1C(C)(C)CO. The summed E-state index contributed by atoms with van der Waals surface area (Å²) in [4.78, 5) is 0. The van der Waals surface area contributed by atoms with E-state index in [-0.39, 0.29) is 12.0 Å². The van der Waals surface area contributed by atoms with Crippen molar-refractivity contribution in [3.63, 3.8) is 0 Å². The van der Waals surface area contributed by atoms with Crippen LogP contribution in [-0.2, 0) is 5.41 Å². The van der Waals surface area contributed by atoms with Gasteiger partial charge in [0.2, 0.25) is 0 Å². The van der Waals surface area contributed by atoms with Crippen molar-refractivity contribution in [3.05, 3.63) is 35.4 Å². The van der Waals surface area contributed by atoms with Gasteiger partial charge in [0.05, 0.1) is 6.61 Å². The van der Waals surface area contributed by atoms with E-state index in [0.717, 1.165) is 0 Å². The van der Waals surface area contributed by atoms with Crippen LogP contribution in [0.15, 0.2) is 24.3 Å². The molecular formula is C11H16O. The summed E-state index contributed by atoms with van der Waals surface area (Å²) in [6.07, 6.45) is 0. The lowest BCUT2D eigenvalue weighted by Gasteiger charge is -2.24. The predicted octanol–water partition coefficient (Wildman–Crippen LogP) is 2.26. The van der Waals surface area contributed by atoms with Crippen LogP contribution >= 0.6 is 0 Å². The summed E-state index contributed by atoms with van der Waals surface area (Å²) in [6, 6.07) is 8.18. The lowest BCUT2D eigenvalue weighted by Crippen LogP contribution is -2.23. The van der Waals surface area contributed by atoms with Crippen molar-refractivity contribution in [1.82, 2.24) is 0 Å². The van der Waals surface area contributed by atoms with Gasteiger partial charge in [-0.05, 0) is 18.1 Å². The molecule has 1 N–H and O–H groups in total. The van der Waals surface area contributed by atoms with Crippen molar-refractivity contribution < 1.29 is 5.11 Å². The fraction of sp³-hybridized carbons (Fsp3) is 0.455. The van der Waals surface area contributed by atoms with Crippen molar-refractivity contribution in [2.24, 2.45) is 0 Å². The highest BCUT2D eigenvalue weighted by atomic mass is 16.3. The zero-order valence-electron chi connectivity index (χ0n) is 7.96. The van der Waals surface area contributed by atoms with Gasteiger partial charge >= 0.3 is 0 Å². The van der Waals surface area contributed by atoms with Gasteiger partial charge in [0.1, 0.15) is 0 Å². The molecule has 12 heavy (non-hydrogen) atoms. The molecule has 66 valence electrons. The average Bonchev–Trinajstić information content (AvgIpc) is 2.05. The van der Waals surface area contributed by atoms with Gasteiger partial charge in [0, 0.05) is 5.41 Å². The lowest BCUT2D eigenvalue weighted by molar-refractivity contribution is 0.218. The minimum atomic E-state index is -0.120. The van der Waals surface area contributed by atoms with Crippen LogP contribution in [0.3, 0.4) is 0 Å². The van der Waals surface area contributed by atoms with Crippen LogP contribution in [0.5, 0.6) is 0 Å². The van der Waals surface area contributed by atoms with Crippen LogP contribution in [0.4, 0.5) is 0 Å². The Balaban J connectivity index is 3.10. The Morgan fingerprint density at radius 3 is 2.33 bits per heavy atom. The van der Waals surface area contributed by atoms with Crippen LogP contribution in [0.2, 0.25) is 0 Å². The quantitative estimate of drug-likeness (QED) is 0.711. The Kier molecular flexibility index (Phi) is 2.53. The molecule has 0 saturated carbocycles. The highest BCUT2D eigenvalue weighted by Crippen LogP contribution is 2.24. The van der Waals surface area contributed by atoms with E-state index in [1.165, 1.54) is 11.1 Å². The monoisotopic (exact) mass is 164 g/mol. The summed E-state index contributed by atoms with van der Waals surface area (Å²) in [7, 11) is 0. The maximum atomic E-state index is 9.17. The lowest BCUT2D eigenvalue weighted by atomic mass is 9.83. The van der Waals surface area contributed by atoms with Gasteiger partial charge in [0.25, 0.3) is 0 Å². The number of hydrogen-bond acceptors (Lipinski definition) is 1. The van der Waals surface area contributed by atoms with E-state index >= 15 is 0 Å². The van der Waals surface area contributed by atoms with E-state index in [9.17, 15) is 5.11 Å². The number of hydrogen-bond donors (Lipinski definition) is 1. The summed E-state index contributed by atoms with van der Waals surface area (Å²) in [6.45, 7) is 6.37. The van der Waals surface area contributed by atoms with Crippen LogP contribution in [-0.4, -0.2) is 11.7 Å². The van der Waals surface area contributed by atoms with Gasteiger partial charge in [-0.2, -0.15) is 0 Å². The Hall–Kier alpha value is -0.820. The van der Waals surface area contributed by atoms with Crippen molar-refractivity contribution in [2.75, 3.05) is 6.61 Å². The molecule has 0 heterocycles. The first-order chi connectivity index (χ1) is 5.58. The molecule has 1 aromatic rings. The van der Waals surface area contributed by atoms with Gasteiger partial charge in [-0.15, -0.1) is 0 Å². The Bertz CT molecular complexity index is 263. The minimum absolute atomic E-state index is 0.120. The van der Waals surface area contributed by atoms with Crippen molar-refractivity contribution >= 4 is 0 Å². The second kappa shape index (κ2) is 3.28. The fourth-order valence-electron chi connectivity index (χ4n) is 1.42. The fourth-order valence-corrected chi connectivity index (χ4v) is 1.42. The van der Waals surface area contributed by atoms with E-state index in [4.69, 9.17) is 0 Å². The van der Waals surface area contributed by atoms with Gasteiger partial charge < -0.3 is 5.11 Å². The number of aliphatic hydroxyl groups is 1. The third-order valence-corrected chi connectivity index (χ3v) is 2.27. The van der Waals surface area contributed by atoms with Crippen molar-refractivity contribution in [2.45, 2.75) is 26.2 Å². The largest absolute Gasteiger partial charge is 0.395 e. The van der Waals surface area contributed by atoms with Gasteiger partial charge in [-0.25, -0.2) is 0 Å². The van der Waals surface area contributed by atoms with E-state index in [0.29, 0.717) is 0 Å². The molecule has 1 rings (SSSR count). The molecule has 0 aliphatic heterocycles. The molecule has 0 spiro atoms. The second-order valence-electron chi connectivity index (χ2n) is 3.86. The summed E-state index contributed by atoms with van der Waals surface area (Å²) < 4.78 is 0. The molecule has 0 radical (unpaired) electrons. The average molecular weight is 164 g/mol. The van der Waals surface area contributed by atoms with E-state index in [1.807, 2.05) is 12.1 Å². The highest BCUT2D eigenvalue weighted by molar-refractivity contribution is 5.32.